The van der Waals surface area contributed by atoms with Crippen molar-refractivity contribution in [2.75, 3.05) is 20.2 Å². The van der Waals surface area contributed by atoms with Crippen molar-refractivity contribution in [3.8, 4) is 5.75 Å². The molecule has 0 amide bonds. The Morgan fingerprint density at radius 2 is 2.50 bits per heavy atom. The first-order valence-electron chi connectivity index (χ1n) is 5.31. The molecule has 5 heteroatoms. The highest BCUT2D eigenvalue weighted by Crippen LogP contribution is 2.25. The smallest absolute Gasteiger partial charge is 0.143 e. The third-order valence-electron chi connectivity index (χ3n) is 2.89. The number of hydrogen-bond acceptors (Lipinski definition) is 3. The number of aromatic nitrogens is 1. The lowest BCUT2D eigenvalue weighted by molar-refractivity contribution is 0.198. The van der Waals surface area contributed by atoms with Gasteiger partial charge in [-0.25, -0.2) is 4.98 Å². The van der Waals surface area contributed by atoms with Crippen LogP contribution in [0.25, 0.3) is 0 Å². The molecule has 1 aliphatic heterocycles. The SMILES string of the molecule is CN1CCCC1COc1cnc(Cl)c(Br)c1. The third kappa shape index (κ3) is 2.87. The fourth-order valence-electron chi connectivity index (χ4n) is 1.86. The summed E-state index contributed by atoms with van der Waals surface area (Å²) in [7, 11) is 2.14. The Morgan fingerprint density at radius 3 is 3.12 bits per heavy atom. The van der Waals surface area contributed by atoms with Crippen LogP contribution in [0.4, 0.5) is 0 Å². The molecule has 0 spiro atoms. The minimum Gasteiger partial charge on any atom is -0.490 e. The molecule has 0 radical (unpaired) electrons. The molecule has 0 aliphatic carbocycles. The fraction of sp³-hybridized carbons (Fsp3) is 0.545. The van der Waals surface area contributed by atoms with Crippen LogP contribution in [0.3, 0.4) is 0 Å². The van der Waals surface area contributed by atoms with Crippen molar-refractivity contribution >= 4 is 27.5 Å². The van der Waals surface area contributed by atoms with E-state index in [1.807, 2.05) is 6.07 Å². The van der Waals surface area contributed by atoms with Gasteiger partial charge in [0.25, 0.3) is 0 Å². The second kappa shape index (κ2) is 5.34. The van der Waals surface area contributed by atoms with Gasteiger partial charge in [0.15, 0.2) is 0 Å². The van der Waals surface area contributed by atoms with Crippen molar-refractivity contribution in [3.05, 3.63) is 21.9 Å². The summed E-state index contributed by atoms with van der Waals surface area (Å²) in [5.41, 5.74) is 0. The number of pyridine rings is 1. The number of rotatable bonds is 3. The van der Waals surface area contributed by atoms with E-state index in [1.54, 1.807) is 6.20 Å². The second-order valence-electron chi connectivity index (χ2n) is 4.03. The van der Waals surface area contributed by atoms with Gasteiger partial charge in [0.05, 0.1) is 10.7 Å². The maximum atomic E-state index is 5.81. The predicted octanol–water partition coefficient (Wildman–Crippen LogP) is 2.97. The van der Waals surface area contributed by atoms with E-state index in [9.17, 15) is 0 Å². The molecule has 88 valence electrons. The van der Waals surface area contributed by atoms with Crippen LogP contribution in [0.1, 0.15) is 12.8 Å². The van der Waals surface area contributed by atoms with Crippen LogP contribution >= 0.6 is 27.5 Å². The van der Waals surface area contributed by atoms with Crippen LogP contribution in [0.5, 0.6) is 5.75 Å². The Hall–Kier alpha value is -0.320. The molecular weight excluding hydrogens is 291 g/mol. The molecule has 1 aromatic rings. The van der Waals surface area contributed by atoms with E-state index < -0.39 is 0 Å². The van der Waals surface area contributed by atoms with Gasteiger partial charge >= 0.3 is 0 Å². The summed E-state index contributed by atoms with van der Waals surface area (Å²) >= 11 is 9.14. The fourth-order valence-corrected chi connectivity index (χ4v) is 2.30. The molecular formula is C11H14BrClN2O. The van der Waals surface area contributed by atoms with Gasteiger partial charge in [0.1, 0.15) is 17.5 Å². The minimum atomic E-state index is 0.463. The zero-order valence-electron chi connectivity index (χ0n) is 9.12. The number of hydrogen-bond donors (Lipinski definition) is 0. The van der Waals surface area contributed by atoms with Crippen LogP contribution in [0.15, 0.2) is 16.7 Å². The lowest BCUT2D eigenvalue weighted by atomic mass is 10.2. The first-order chi connectivity index (χ1) is 7.66. The topological polar surface area (TPSA) is 25.4 Å². The van der Waals surface area contributed by atoms with Crippen molar-refractivity contribution in [1.82, 2.24) is 9.88 Å². The summed E-state index contributed by atoms with van der Waals surface area (Å²) in [5, 5.41) is 0.463. The average molecular weight is 306 g/mol. The molecule has 3 nitrogen and oxygen atoms in total. The van der Waals surface area contributed by atoms with E-state index in [4.69, 9.17) is 16.3 Å². The van der Waals surface area contributed by atoms with Gasteiger partial charge in [-0.2, -0.15) is 0 Å². The van der Waals surface area contributed by atoms with E-state index in [1.165, 1.54) is 12.8 Å². The standard InChI is InChI=1S/C11H14BrClN2O/c1-15-4-2-3-8(15)7-16-9-5-10(12)11(13)14-6-9/h5-6,8H,2-4,7H2,1H3. The minimum absolute atomic E-state index is 0.463. The Morgan fingerprint density at radius 1 is 1.69 bits per heavy atom. The normalized spacial score (nSPS) is 21.3. The first-order valence-corrected chi connectivity index (χ1v) is 6.48. The monoisotopic (exact) mass is 304 g/mol. The van der Waals surface area contributed by atoms with Crippen molar-refractivity contribution in [2.45, 2.75) is 18.9 Å². The molecule has 0 aromatic carbocycles. The van der Waals surface area contributed by atoms with Gasteiger partial charge in [-0.05, 0) is 48.4 Å². The number of ether oxygens (including phenoxy) is 1. The maximum Gasteiger partial charge on any atom is 0.143 e. The predicted molar refractivity (Wildman–Crippen MR) is 68.1 cm³/mol. The number of likely N-dealkylation sites (tertiary alicyclic amines) is 1. The highest BCUT2D eigenvalue weighted by molar-refractivity contribution is 9.10. The van der Waals surface area contributed by atoms with E-state index in [0.717, 1.165) is 16.8 Å². The van der Waals surface area contributed by atoms with E-state index in [-0.39, 0.29) is 0 Å². The summed E-state index contributed by atoms with van der Waals surface area (Å²) < 4.78 is 6.47. The lowest BCUT2D eigenvalue weighted by Crippen LogP contribution is -2.30. The van der Waals surface area contributed by atoms with Gasteiger partial charge < -0.3 is 9.64 Å². The molecule has 1 aliphatic rings. The van der Waals surface area contributed by atoms with Gasteiger partial charge in [0.2, 0.25) is 0 Å². The van der Waals surface area contributed by atoms with Crippen LogP contribution in [0.2, 0.25) is 5.15 Å². The zero-order valence-corrected chi connectivity index (χ0v) is 11.5. The molecule has 1 unspecified atom stereocenters. The van der Waals surface area contributed by atoms with E-state index in [2.05, 4.69) is 32.9 Å². The van der Waals surface area contributed by atoms with Crippen molar-refractivity contribution < 1.29 is 4.74 Å². The first kappa shape index (κ1) is 12.1. The van der Waals surface area contributed by atoms with Gasteiger partial charge in [-0.15, -0.1) is 0 Å². The Bertz CT molecular complexity index is 375. The van der Waals surface area contributed by atoms with Crippen LogP contribution in [-0.2, 0) is 0 Å². The highest BCUT2D eigenvalue weighted by atomic mass is 79.9. The maximum absolute atomic E-state index is 5.81. The molecule has 1 fully saturated rings. The van der Waals surface area contributed by atoms with Gasteiger partial charge in [-0.1, -0.05) is 11.6 Å². The summed E-state index contributed by atoms with van der Waals surface area (Å²) in [4.78, 5) is 6.35. The lowest BCUT2D eigenvalue weighted by Gasteiger charge is -2.19. The molecule has 1 aromatic heterocycles. The Labute approximate surface area is 109 Å². The second-order valence-corrected chi connectivity index (χ2v) is 5.24. The van der Waals surface area contributed by atoms with Crippen LogP contribution in [-0.4, -0.2) is 36.1 Å². The van der Waals surface area contributed by atoms with Crippen LogP contribution in [0, 0.1) is 0 Å². The summed E-state index contributed by atoms with van der Waals surface area (Å²) in [6.45, 7) is 1.88. The summed E-state index contributed by atoms with van der Waals surface area (Å²) in [6.07, 6.45) is 4.12. The summed E-state index contributed by atoms with van der Waals surface area (Å²) in [5.74, 6) is 0.761. The Kier molecular flexibility index (Phi) is 4.05. The average Bonchev–Trinajstić information content (AvgIpc) is 2.66. The van der Waals surface area contributed by atoms with Gasteiger partial charge in [0, 0.05) is 6.04 Å². The van der Waals surface area contributed by atoms with Crippen LogP contribution < -0.4 is 4.74 Å². The molecule has 1 saturated heterocycles. The molecule has 0 bridgehead atoms. The third-order valence-corrected chi connectivity index (χ3v) is 4.02. The Balaban J connectivity index is 1.91. The van der Waals surface area contributed by atoms with Crippen molar-refractivity contribution in [1.29, 1.82) is 0 Å². The molecule has 2 heterocycles. The van der Waals surface area contributed by atoms with Crippen molar-refractivity contribution in [3.63, 3.8) is 0 Å². The largest absolute Gasteiger partial charge is 0.490 e. The zero-order chi connectivity index (χ0) is 11.5. The quantitative estimate of drug-likeness (QED) is 0.803. The number of nitrogens with zero attached hydrogens (tertiary/aromatic N) is 2. The molecule has 0 N–H and O–H groups in total. The van der Waals surface area contributed by atoms with Crippen molar-refractivity contribution in [2.24, 2.45) is 0 Å². The molecule has 1 atom stereocenters. The van der Waals surface area contributed by atoms with Gasteiger partial charge in [-0.3, -0.25) is 0 Å². The molecule has 16 heavy (non-hydrogen) atoms. The van der Waals surface area contributed by atoms with E-state index in [0.29, 0.717) is 17.8 Å². The molecule has 2 rings (SSSR count). The number of halogens is 2. The van der Waals surface area contributed by atoms with E-state index >= 15 is 0 Å². The molecule has 0 saturated carbocycles. The summed E-state index contributed by atoms with van der Waals surface area (Å²) in [6, 6.07) is 2.37. The highest BCUT2D eigenvalue weighted by Gasteiger charge is 2.21. The number of likely N-dealkylation sites (N-methyl/N-ethyl adjacent to an activating group) is 1.